The number of methoxy groups -OCH3 is 2. The minimum absolute atomic E-state index is 0.0953. The van der Waals surface area contributed by atoms with Gasteiger partial charge in [-0.15, -0.1) is 0 Å². The first-order valence-electron chi connectivity index (χ1n) is 10.4. The molecule has 1 aliphatic heterocycles. The largest absolute Gasteiger partial charge is 0.496 e. The van der Waals surface area contributed by atoms with Crippen LogP contribution in [0.2, 0.25) is 0 Å². The Labute approximate surface area is 184 Å². The quantitative estimate of drug-likeness (QED) is 0.702. The number of carbonyl (C=O) groups excluding carboxylic acids is 1. The lowest BCUT2D eigenvalue weighted by atomic mass is 10.0. The second kappa shape index (κ2) is 9.70. The lowest BCUT2D eigenvalue weighted by Gasteiger charge is -2.29. The van der Waals surface area contributed by atoms with Crippen molar-refractivity contribution in [2.24, 2.45) is 5.92 Å². The maximum atomic E-state index is 13.1. The molecule has 168 valence electrons. The molecule has 1 atom stereocenters. The van der Waals surface area contributed by atoms with E-state index in [2.05, 4.69) is 12.2 Å². The number of hydrogen-bond donors (Lipinski definition) is 1. The first-order chi connectivity index (χ1) is 14.8. The van der Waals surface area contributed by atoms with Gasteiger partial charge in [0.1, 0.15) is 11.5 Å². The highest BCUT2D eigenvalue weighted by molar-refractivity contribution is 7.89. The molecule has 0 aromatic heterocycles. The van der Waals surface area contributed by atoms with Crippen molar-refractivity contribution < 1.29 is 22.7 Å². The lowest BCUT2D eigenvalue weighted by Crippen LogP contribution is -2.38. The number of nitrogens with zero attached hydrogens (tertiary/aromatic N) is 1. The summed E-state index contributed by atoms with van der Waals surface area (Å²) < 4.78 is 38.5. The van der Waals surface area contributed by atoms with Crippen LogP contribution in [0.4, 0.5) is 0 Å². The van der Waals surface area contributed by atoms with E-state index < -0.39 is 15.9 Å². The third-order valence-corrected chi connectivity index (χ3v) is 7.64. The molecule has 31 heavy (non-hydrogen) atoms. The number of benzene rings is 2. The molecule has 7 nitrogen and oxygen atoms in total. The summed E-state index contributed by atoms with van der Waals surface area (Å²) in [6, 6.07) is 11.5. The van der Waals surface area contributed by atoms with Gasteiger partial charge < -0.3 is 14.8 Å². The predicted molar refractivity (Wildman–Crippen MR) is 119 cm³/mol. The van der Waals surface area contributed by atoms with E-state index >= 15 is 0 Å². The zero-order valence-corrected chi connectivity index (χ0v) is 19.2. The maximum Gasteiger partial charge on any atom is 0.255 e. The van der Waals surface area contributed by atoms with Crippen molar-refractivity contribution in [1.82, 2.24) is 9.62 Å². The molecular formula is C23H30N2O5S. The molecule has 3 rings (SSSR count). The minimum Gasteiger partial charge on any atom is -0.496 e. The average molecular weight is 447 g/mol. The molecule has 1 heterocycles. The highest BCUT2D eigenvalue weighted by Gasteiger charge is 2.29. The standard InChI is InChI=1S/C23H30N2O5S/c1-16-11-13-25(14-12-16)31(27,28)18-9-10-22(30-4)20(15-18)23(26)24-17(2)19-7-5-6-8-21(19)29-3/h5-10,15-17H,11-14H2,1-4H3,(H,24,26). The Bertz CT molecular complexity index is 1030. The molecule has 0 bridgehead atoms. The van der Waals surface area contributed by atoms with Crippen molar-refractivity contribution in [2.75, 3.05) is 27.3 Å². The smallest absolute Gasteiger partial charge is 0.255 e. The van der Waals surface area contributed by atoms with Crippen molar-refractivity contribution in [2.45, 2.75) is 37.6 Å². The second-order valence-electron chi connectivity index (χ2n) is 7.89. The van der Waals surface area contributed by atoms with E-state index in [1.54, 1.807) is 7.11 Å². The molecule has 0 saturated carbocycles. The maximum absolute atomic E-state index is 13.1. The molecule has 8 heteroatoms. The summed E-state index contributed by atoms with van der Waals surface area (Å²) in [6.07, 6.45) is 1.66. The summed E-state index contributed by atoms with van der Waals surface area (Å²) >= 11 is 0. The molecule has 2 aromatic carbocycles. The number of ether oxygens (including phenoxy) is 2. The molecular weight excluding hydrogens is 416 g/mol. The van der Waals surface area contributed by atoms with Gasteiger partial charge in [0, 0.05) is 18.7 Å². The predicted octanol–water partition coefficient (Wildman–Crippen LogP) is 3.62. The van der Waals surface area contributed by atoms with Crippen LogP contribution in [-0.2, 0) is 10.0 Å². The third-order valence-electron chi connectivity index (χ3n) is 5.75. The number of piperidine rings is 1. The van der Waals surface area contributed by atoms with Gasteiger partial charge in [0.15, 0.2) is 0 Å². The molecule has 0 radical (unpaired) electrons. The van der Waals surface area contributed by atoms with E-state index in [0.717, 1.165) is 18.4 Å². The third kappa shape index (κ3) is 5.02. The molecule has 0 spiro atoms. The molecule has 2 aromatic rings. The Morgan fingerprint density at radius 3 is 2.35 bits per heavy atom. The van der Waals surface area contributed by atoms with Crippen molar-refractivity contribution in [1.29, 1.82) is 0 Å². The van der Waals surface area contributed by atoms with Gasteiger partial charge in [0.25, 0.3) is 5.91 Å². The Balaban J connectivity index is 1.87. The summed E-state index contributed by atoms with van der Waals surface area (Å²) in [7, 11) is -0.650. The lowest BCUT2D eigenvalue weighted by molar-refractivity contribution is 0.0936. The van der Waals surface area contributed by atoms with E-state index in [0.29, 0.717) is 30.5 Å². The van der Waals surface area contributed by atoms with Crippen LogP contribution in [0.3, 0.4) is 0 Å². The number of para-hydroxylation sites is 1. The van der Waals surface area contributed by atoms with E-state index in [1.807, 2.05) is 31.2 Å². The van der Waals surface area contributed by atoms with Crippen molar-refractivity contribution >= 4 is 15.9 Å². The minimum atomic E-state index is -3.68. The Morgan fingerprint density at radius 2 is 1.71 bits per heavy atom. The number of amides is 1. The molecule has 1 aliphatic rings. The average Bonchev–Trinajstić information content (AvgIpc) is 2.78. The van der Waals surface area contributed by atoms with Crippen LogP contribution >= 0.6 is 0 Å². The van der Waals surface area contributed by atoms with Crippen molar-refractivity contribution in [3.05, 3.63) is 53.6 Å². The highest BCUT2D eigenvalue weighted by Crippen LogP contribution is 2.29. The number of sulfonamides is 1. The molecule has 1 N–H and O–H groups in total. The van der Waals surface area contributed by atoms with Crippen LogP contribution in [0.5, 0.6) is 11.5 Å². The van der Waals surface area contributed by atoms with Crippen molar-refractivity contribution in [3.8, 4) is 11.5 Å². The molecule has 1 fully saturated rings. The van der Waals surface area contributed by atoms with Gasteiger partial charge in [-0.3, -0.25) is 4.79 Å². The van der Waals surface area contributed by atoms with Crippen LogP contribution in [-0.4, -0.2) is 45.9 Å². The molecule has 1 unspecified atom stereocenters. The van der Waals surface area contributed by atoms with E-state index in [-0.39, 0.29) is 16.5 Å². The summed E-state index contributed by atoms with van der Waals surface area (Å²) in [4.78, 5) is 13.2. The summed E-state index contributed by atoms with van der Waals surface area (Å²) in [5, 5.41) is 2.92. The molecule has 0 aliphatic carbocycles. The molecule has 1 saturated heterocycles. The zero-order valence-electron chi connectivity index (χ0n) is 18.4. The van der Waals surface area contributed by atoms with Crippen LogP contribution in [0.1, 0.15) is 48.7 Å². The van der Waals surface area contributed by atoms with Crippen LogP contribution in [0.25, 0.3) is 0 Å². The van der Waals surface area contributed by atoms with Crippen LogP contribution in [0.15, 0.2) is 47.4 Å². The topological polar surface area (TPSA) is 84.9 Å². The van der Waals surface area contributed by atoms with Gasteiger partial charge in [-0.25, -0.2) is 8.42 Å². The van der Waals surface area contributed by atoms with Crippen LogP contribution in [0, 0.1) is 5.92 Å². The van der Waals surface area contributed by atoms with Gasteiger partial charge in [-0.1, -0.05) is 25.1 Å². The van der Waals surface area contributed by atoms with Gasteiger partial charge in [-0.05, 0) is 49.9 Å². The van der Waals surface area contributed by atoms with Gasteiger partial charge in [-0.2, -0.15) is 4.31 Å². The Morgan fingerprint density at radius 1 is 1.06 bits per heavy atom. The van der Waals surface area contributed by atoms with Gasteiger partial charge in [0.2, 0.25) is 10.0 Å². The number of rotatable bonds is 7. The fourth-order valence-corrected chi connectivity index (χ4v) is 5.27. The summed E-state index contributed by atoms with van der Waals surface area (Å²) in [5.74, 6) is 1.08. The van der Waals surface area contributed by atoms with Gasteiger partial charge in [0.05, 0.1) is 30.7 Å². The fraction of sp³-hybridized carbons (Fsp3) is 0.435. The monoisotopic (exact) mass is 446 g/mol. The fourth-order valence-electron chi connectivity index (χ4n) is 3.78. The normalized spacial score (nSPS) is 16.5. The van der Waals surface area contributed by atoms with Gasteiger partial charge >= 0.3 is 0 Å². The summed E-state index contributed by atoms with van der Waals surface area (Å²) in [6.45, 7) is 4.95. The Kier molecular flexibility index (Phi) is 7.23. The molecule has 1 amide bonds. The number of hydrogen-bond acceptors (Lipinski definition) is 5. The Hall–Kier alpha value is -2.58. The first-order valence-corrected chi connectivity index (χ1v) is 11.8. The van der Waals surface area contributed by atoms with E-state index in [9.17, 15) is 13.2 Å². The van der Waals surface area contributed by atoms with Crippen molar-refractivity contribution in [3.63, 3.8) is 0 Å². The van der Waals surface area contributed by atoms with Crippen LogP contribution < -0.4 is 14.8 Å². The van der Waals surface area contributed by atoms with E-state index in [4.69, 9.17) is 9.47 Å². The summed E-state index contributed by atoms with van der Waals surface area (Å²) in [5.41, 5.74) is 0.999. The number of carbonyl (C=O) groups is 1. The zero-order chi connectivity index (χ0) is 22.6. The second-order valence-corrected chi connectivity index (χ2v) is 9.82. The van der Waals surface area contributed by atoms with E-state index in [1.165, 1.54) is 29.6 Å². The first kappa shape index (κ1) is 23.1. The SMILES string of the molecule is COc1ccc(S(=O)(=O)N2CCC(C)CC2)cc1C(=O)NC(C)c1ccccc1OC. The highest BCUT2D eigenvalue weighted by atomic mass is 32.2. The number of nitrogens with one attached hydrogen (secondary N) is 1.